The molecule has 1 N–H and O–H groups in total. The number of phenolic OH excluding ortho intramolecular Hbond substituents is 1. The molecule has 0 aromatic heterocycles. The normalized spacial score (nSPS) is 14.0. The van der Waals surface area contributed by atoms with Crippen molar-refractivity contribution < 1.29 is 5.11 Å². The standard InChI is InChI=1S/C28H36OP2/c1-6-16-28(7-2,25-18-20(3)17-22(5)26(25)29)31-27-21(4)12-11-13-23(27)19-30-24-14-9-8-10-15-24/h8-15,17-18,29-31H,6-7,16,19H2,1-5H3. The molecule has 3 aromatic rings. The lowest BCUT2D eigenvalue weighted by Crippen LogP contribution is -2.25. The Labute approximate surface area is 192 Å². The maximum atomic E-state index is 11.1. The van der Waals surface area contributed by atoms with Gasteiger partial charge in [-0.2, -0.15) is 0 Å². The van der Waals surface area contributed by atoms with Gasteiger partial charge in [0.05, 0.1) is 0 Å². The van der Waals surface area contributed by atoms with Crippen molar-refractivity contribution in [3.8, 4) is 5.75 Å². The third-order valence-corrected chi connectivity index (χ3v) is 9.84. The number of phenols is 1. The summed E-state index contributed by atoms with van der Waals surface area (Å²) in [6.07, 6.45) is 4.32. The van der Waals surface area contributed by atoms with Crippen LogP contribution in [-0.4, -0.2) is 5.11 Å². The van der Waals surface area contributed by atoms with E-state index in [4.69, 9.17) is 0 Å². The molecule has 0 amide bonds. The fourth-order valence-corrected chi connectivity index (χ4v) is 7.78. The van der Waals surface area contributed by atoms with Gasteiger partial charge in [0, 0.05) is 10.7 Å². The second kappa shape index (κ2) is 10.8. The molecule has 3 atom stereocenters. The highest BCUT2D eigenvalue weighted by atomic mass is 31.1. The Morgan fingerprint density at radius 1 is 0.871 bits per heavy atom. The molecule has 0 radical (unpaired) electrons. The van der Waals surface area contributed by atoms with Gasteiger partial charge in [-0.1, -0.05) is 104 Å². The van der Waals surface area contributed by atoms with Crippen molar-refractivity contribution in [1.82, 2.24) is 0 Å². The first-order chi connectivity index (χ1) is 14.9. The molecule has 3 aromatic carbocycles. The van der Waals surface area contributed by atoms with Gasteiger partial charge in [-0.15, -0.1) is 0 Å². The smallest absolute Gasteiger partial charge is 0.122 e. The summed E-state index contributed by atoms with van der Waals surface area (Å²) in [5.41, 5.74) is 6.22. The molecular weight excluding hydrogens is 414 g/mol. The third kappa shape index (κ3) is 5.58. The van der Waals surface area contributed by atoms with Gasteiger partial charge in [0.15, 0.2) is 0 Å². The van der Waals surface area contributed by atoms with Crippen molar-refractivity contribution in [2.75, 3.05) is 0 Å². The molecule has 0 saturated carbocycles. The van der Waals surface area contributed by atoms with Gasteiger partial charge in [-0.3, -0.25) is 0 Å². The highest BCUT2D eigenvalue weighted by molar-refractivity contribution is 7.49. The summed E-state index contributed by atoms with van der Waals surface area (Å²) in [5, 5.41) is 14.0. The number of benzene rings is 3. The van der Waals surface area contributed by atoms with Crippen LogP contribution >= 0.6 is 17.2 Å². The van der Waals surface area contributed by atoms with Gasteiger partial charge in [0.25, 0.3) is 0 Å². The van der Waals surface area contributed by atoms with Crippen molar-refractivity contribution in [2.24, 2.45) is 0 Å². The van der Waals surface area contributed by atoms with Gasteiger partial charge in [0.2, 0.25) is 0 Å². The maximum absolute atomic E-state index is 11.1. The van der Waals surface area contributed by atoms with Crippen LogP contribution in [0.2, 0.25) is 0 Å². The molecule has 0 aliphatic carbocycles. The zero-order chi connectivity index (χ0) is 22.4. The minimum atomic E-state index is -0.0215. The summed E-state index contributed by atoms with van der Waals surface area (Å²) >= 11 is 0. The SMILES string of the molecule is CCCC(CC)(Pc1c(C)cccc1CPc1ccccc1)c1cc(C)cc(C)c1O. The van der Waals surface area contributed by atoms with Gasteiger partial charge in [0.1, 0.15) is 5.75 Å². The molecule has 31 heavy (non-hydrogen) atoms. The van der Waals surface area contributed by atoms with Crippen molar-refractivity contribution in [2.45, 2.75) is 65.2 Å². The summed E-state index contributed by atoms with van der Waals surface area (Å²) in [6, 6.07) is 21.9. The summed E-state index contributed by atoms with van der Waals surface area (Å²) in [7, 11) is 1.43. The van der Waals surface area contributed by atoms with Crippen LogP contribution in [0.5, 0.6) is 5.75 Å². The number of hydrogen-bond acceptors (Lipinski definition) is 1. The lowest BCUT2D eigenvalue weighted by Gasteiger charge is -2.36. The van der Waals surface area contributed by atoms with E-state index >= 15 is 0 Å². The van der Waals surface area contributed by atoms with Gasteiger partial charge in [-0.25, -0.2) is 0 Å². The zero-order valence-electron chi connectivity index (χ0n) is 19.5. The van der Waals surface area contributed by atoms with Crippen LogP contribution in [0.3, 0.4) is 0 Å². The lowest BCUT2D eigenvalue weighted by molar-refractivity contribution is 0.438. The van der Waals surface area contributed by atoms with E-state index in [1.54, 1.807) is 0 Å². The van der Waals surface area contributed by atoms with Crippen molar-refractivity contribution in [3.63, 3.8) is 0 Å². The van der Waals surface area contributed by atoms with E-state index in [0.29, 0.717) is 14.3 Å². The van der Waals surface area contributed by atoms with E-state index in [0.717, 1.165) is 45.1 Å². The number of aryl methyl sites for hydroxylation is 3. The second-order valence-corrected chi connectivity index (χ2v) is 11.6. The van der Waals surface area contributed by atoms with Crippen LogP contribution in [0.25, 0.3) is 0 Å². The fourth-order valence-electron chi connectivity index (χ4n) is 4.52. The molecule has 0 aliphatic rings. The fraction of sp³-hybridized carbons (Fsp3) is 0.357. The molecule has 164 valence electrons. The number of aromatic hydroxyl groups is 1. The molecule has 3 unspecified atom stereocenters. The largest absolute Gasteiger partial charge is 0.507 e. The Kier molecular flexibility index (Phi) is 8.32. The molecule has 0 saturated heterocycles. The highest BCUT2D eigenvalue weighted by Crippen LogP contribution is 2.52. The minimum Gasteiger partial charge on any atom is -0.507 e. The van der Waals surface area contributed by atoms with E-state index in [-0.39, 0.29) is 5.16 Å². The molecule has 1 nitrogen and oxygen atoms in total. The second-order valence-electron chi connectivity index (χ2n) is 8.62. The Morgan fingerprint density at radius 2 is 1.61 bits per heavy atom. The first kappa shape index (κ1) is 24.0. The summed E-state index contributed by atoms with van der Waals surface area (Å²) < 4.78 is 0. The molecule has 3 heteroatoms. The highest BCUT2D eigenvalue weighted by Gasteiger charge is 2.34. The monoisotopic (exact) mass is 450 g/mol. The molecule has 0 fully saturated rings. The van der Waals surface area contributed by atoms with E-state index in [2.05, 4.69) is 88.4 Å². The molecule has 0 aliphatic heterocycles. The molecule has 0 spiro atoms. The van der Waals surface area contributed by atoms with Crippen LogP contribution in [0.1, 0.15) is 60.9 Å². The van der Waals surface area contributed by atoms with Crippen LogP contribution < -0.4 is 10.6 Å². The average Bonchev–Trinajstić information content (AvgIpc) is 2.77. The Morgan fingerprint density at radius 3 is 2.29 bits per heavy atom. The quantitative estimate of drug-likeness (QED) is 0.341. The number of hydrogen-bond donors (Lipinski definition) is 1. The van der Waals surface area contributed by atoms with Gasteiger partial charge in [-0.05, 0) is 67.1 Å². The molecular formula is C28H36OP2. The third-order valence-electron chi connectivity index (χ3n) is 6.22. The average molecular weight is 451 g/mol. The van der Waals surface area contributed by atoms with Crippen LogP contribution in [0, 0.1) is 20.8 Å². The van der Waals surface area contributed by atoms with Crippen molar-refractivity contribution >= 4 is 27.8 Å². The zero-order valence-corrected chi connectivity index (χ0v) is 21.5. The molecule has 0 bridgehead atoms. The first-order valence-electron chi connectivity index (χ1n) is 11.4. The van der Waals surface area contributed by atoms with Gasteiger partial charge >= 0.3 is 0 Å². The van der Waals surface area contributed by atoms with Crippen LogP contribution in [0.4, 0.5) is 0 Å². The van der Waals surface area contributed by atoms with E-state index in [1.165, 1.54) is 27.3 Å². The van der Waals surface area contributed by atoms with Crippen molar-refractivity contribution in [3.05, 3.63) is 88.5 Å². The number of rotatable bonds is 9. The summed E-state index contributed by atoms with van der Waals surface area (Å²) in [6.45, 7) is 11.0. The summed E-state index contributed by atoms with van der Waals surface area (Å²) in [4.78, 5) is 0. The summed E-state index contributed by atoms with van der Waals surface area (Å²) in [5.74, 6) is 0.495. The lowest BCUT2D eigenvalue weighted by atomic mass is 9.88. The van der Waals surface area contributed by atoms with E-state index in [1.807, 2.05) is 6.92 Å². The van der Waals surface area contributed by atoms with Crippen molar-refractivity contribution in [1.29, 1.82) is 0 Å². The van der Waals surface area contributed by atoms with E-state index in [9.17, 15) is 5.11 Å². The first-order valence-corrected chi connectivity index (χ1v) is 13.6. The topological polar surface area (TPSA) is 20.2 Å². The van der Waals surface area contributed by atoms with Crippen LogP contribution in [-0.2, 0) is 11.3 Å². The molecule has 0 heterocycles. The minimum absolute atomic E-state index is 0.0215. The predicted molar refractivity (Wildman–Crippen MR) is 142 cm³/mol. The van der Waals surface area contributed by atoms with E-state index < -0.39 is 0 Å². The van der Waals surface area contributed by atoms with Crippen LogP contribution in [0.15, 0.2) is 60.7 Å². The molecule has 3 rings (SSSR count). The predicted octanol–water partition coefficient (Wildman–Crippen LogP) is 7.23. The maximum Gasteiger partial charge on any atom is 0.122 e. The Balaban J connectivity index is 2.02. The Bertz CT molecular complexity index is 1010. The van der Waals surface area contributed by atoms with Gasteiger partial charge < -0.3 is 5.11 Å². The Hall–Kier alpha value is -1.68.